The van der Waals surface area contributed by atoms with Crippen molar-refractivity contribution in [2.24, 2.45) is 0 Å². The Morgan fingerprint density at radius 2 is 1.51 bits per heavy atom. The molecule has 0 aliphatic heterocycles. The van der Waals surface area contributed by atoms with Gasteiger partial charge >= 0.3 is 0 Å². The van der Waals surface area contributed by atoms with Crippen LogP contribution in [0.2, 0.25) is 0 Å². The average Bonchev–Trinajstić information content (AvgIpc) is 2.95. The molecule has 0 aromatic heterocycles. The third-order valence-electron chi connectivity index (χ3n) is 6.69. The van der Waals surface area contributed by atoms with Gasteiger partial charge < -0.3 is 10.2 Å². The fraction of sp³-hybridized carbons (Fsp3) is 0.333. The highest BCUT2D eigenvalue weighted by Gasteiger charge is 2.33. The highest BCUT2D eigenvalue weighted by atomic mass is 79.9. The average molecular weight is 615 g/mol. The molecule has 0 saturated heterocycles. The Bertz CT molecular complexity index is 1360. The number of nitrogens with zero attached hydrogens (tertiary/aromatic N) is 2. The molecule has 0 saturated carbocycles. The molecule has 3 aromatic carbocycles. The molecule has 39 heavy (non-hydrogen) atoms. The SMILES string of the molecule is CCc1ccccc1N(CC(=O)N(Cc1ccc(Br)cc1)C(C)C(=O)NC(C)CC)S(=O)(=O)c1ccccc1. The Morgan fingerprint density at radius 1 is 0.897 bits per heavy atom. The van der Waals surface area contributed by atoms with Crippen LogP contribution in [0, 0.1) is 0 Å². The Hall–Kier alpha value is -3.17. The molecular formula is C30H36BrN3O4S. The Kier molecular flexibility index (Phi) is 10.7. The fourth-order valence-electron chi connectivity index (χ4n) is 4.12. The van der Waals surface area contributed by atoms with Crippen molar-refractivity contribution in [3.63, 3.8) is 0 Å². The molecule has 0 fully saturated rings. The van der Waals surface area contributed by atoms with E-state index >= 15 is 0 Å². The Morgan fingerprint density at radius 3 is 2.13 bits per heavy atom. The number of aryl methyl sites for hydroxylation is 1. The van der Waals surface area contributed by atoms with Crippen molar-refractivity contribution in [3.8, 4) is 0 Å². The topological polar surface area (TPSA) is 86.8 Å². The van der Waals surface area contributed by atoms with Gasteiger partial charge in [0.05, 0.1) is 10.6 Å². The number of nitrogens with one attached hydrogen (secondary N) is 1. The van der Waals surface area contributed by atoms with Crippen molar-refractivity contribution in [1.29, 1.82) is 0 Å². The molecule has 0 spiro atoms. The van der Waals surface area contributed by atoms with Gasteiger partial charge in [-0.1, -0.05) is 78.3 Å². The maximum atomic E-state index is 14.0. The molecule has 2 unspecified atom stereocenters. The normalized spacial score (nSPS) is 12.8. The zero-order valence-corrected chi connectivity index (χ0v) is 25.2. The first-order valence-electron chi connectivity index (χ1n) is 13.1. The van der Waals surface area contributed by atoms with Gasteiger partial charge in [-0.3, -0.25) is 13.9 Å². The number of hydrogen-bond donors (Lipinski definition) is 1. The predicted octanol–water partition coefficient (Wildman–Crippen LogP) is 5.54. The maximum absolute atomic E-state index is 14.0. The Labute approximate surface area is 240 Å². The first-order valence-corrected chi connectivity index (χ1v) is 15.3. The molecule has 0 aliphatic rings. The van der Waals surface area contributed by atoms with E-state index in [0.29, 0.717) is 12.1 Å². The summed E-state index contributed by atoms with van der Waals surface area (Å²) in [5.74, 6) is -0.767. The van der Waals surface area contributed by atoms with E-state index in [-0.39, 0.29) is 23.4 Å². The number of benzene rings is 3. The van der Waals surface area contributed by atoms with Crippen molar-refractivity contribution >= 4 is 43.5 Å². The van der Waals surface area contributed by atoms with Crippen LogP contribution < -0.4 is 9.62 Å². The fourth-order valence-corrected chi connectivity index (χ4v) is 5.86. The summed E-state index contributed by atoms with van der Waals surface area (Å²) < 4.78 is 29.9. The van der Waals surface area contributed by atoms with Crippen LogP contribution in [-0.4, -0.2) is 43.8 Å². The lowest BCUT2D eigenvalue weighted by molar-refractivity contribution is -0.139. The molecule has 0 radical (unpaired) electrons. The zero-order chi connectivity index (χ0) is 28.6. The molecule has 1 N–H and O–H groups in total. The first kappa shape index (κ1) is 30.4. The molecular weight excluding hydrogens is 578 g/mol. The van der Waals surface area contributed by atoms with Crippen molar-refractivity contribution in [3.05, 3.63) is 94.5 Å². The van der Waals surface area contributed by atoms with E-state index in [9.17, 15) is 18.0 Å². The molecule has 208 valence electrons. The molecule has 2 atom stereocenters. The summed E-state index contributed by atoms with van der Waals surface area (Å²) in [7, 11) is -4.08. The maximum Gasteiger partial charge on any atom is 0.264 e. The molecule has 3 aromatic rings. The third kappa shape index (κ3) is 7.70. The van der Waals surface area contributed by atoms with Gasteiger partial charge in [-0.15, -0.1) is 0 Å². The first-order chi connectivity index (χ1) is 18.6. The van der Waals surface area contributed by atoms with Crippen LogP contribution in [0.25, 0.3) is 0 Å². The number of carbonyl (C=O) groups excluding carboxylic acids is 2. The number of sulfonamides is 1. The number of rotatable bonds is 12. The number of carbonyl (C=O) groups is 2. The van der Waals surface area contributed by atoms with Crippen molar-refractivity contribution in [2.45, 2.75) is 64.1 Å². The number of amides is 2. The van der Waals surface area contributed by atoms with Crippen LogP contribution in [-0.2, 0) is 32.6 Å². The number of hydrogen-bond acceptors (Lipinski definition) is 4. The van der Waals surface area contributed by atoms with Crippen LogP contribution in [0.15, 0.2) is 88.2 Å². The van der Waals surface area contributed by atoms with Crippen LogP contribution in [0.1, 0.15) is 45.2 Å². The molecule has 3 rings (SSSR count). The summed E-state index contributed by atoms with van der Waals surface area (Å²) >= 11 is 3.43. The van der Waals surface area contributed by atoms with Crippen LogP contribution in [0.3, 0.4) is 0 Å². The van der Waals surface area contributed by atoms with Crippen molar-refractivity contribution < 1.29 is 18.0 Å². The van der Waals surface area contributed by atoms with Gasteiger partial charge in [0.1, 0.15) is 12.6 Å². The van der Waals surface area contributed by atoms with Crippen LogP contribution in [0.5, 0.6) is 0 Å². The molecule has 7 nitrogen and oxygen atoms in total. The summed E-state index contributed by atoms with van der Waals surface area (Å²) in [6.07, 6.45) is 1.33. The minimum Gasteiger partial charge on any atom is -0.352 e. The summed E-state index contributed by atoms with van der Waals surface area (Å²) in [5.41, 5.74) is 2.06. The standard InChI is InChI=1S/C30H36BrN3O4S/c1-5-22(3)32-30(36)23(4)33(20-24-16-18-26(31)19-17-24)29(35)21-34(28-15-11-10-12-25(28)6-2)39(37,38)27-13-8-7-9-14-27/h7-19,22-23H,5-6,20-21H2,1-4H3,(H,32,36). The number of anilines is 1. The Balaban J connectivity index is 2.04. The van der Waals surface area contributed by atoms with E-state index in [0.717, 1.165) is 26.3 Å². The predicted molar refractivity (Wildman–Crippen MR) is 159 cm³/mol. The smallest absolute Gasteiger partial charge is 0.264 e. The minimum absolute atomic E-state index is 0.0593. The van der Waals surface area contributed by atoms with Gasteiger partial charge in [-0.25, -0.2) is 8.42 Å². The molecule has 9 heteroatoms. The number of halogens is 1. The van der Waals surface area contributed by atoms with E-state index in [2.05, 4.69) is 21.2 Å². The van der Waals surface area contributed by atoms with Gasteiger partial charge in [-0.2, -0.15) is 0 Å². The highest BCUT2D eigenvalue weighted by molar-refractivity contribution is 9.10. The van der Waals surface area contributed by atoms with E-state index in [1.54, 1.807) is 37.3 Å². The third-order valence-corrected chi connectivity index (χ3v) is 8.99. The summed E-state index contributed by atoms with van der Waals surface area (Å²) in [5, 5.41) is 2.95. The van der Waals surface area contributed by atoms with Gasteiger partial charge in [-0.05, 0) is 68.1 Å². The number of para-hydroxylation sites is 1. The molecule has 2 amide bonds. The van der Waals surface area contributed by atoms with Crippen molar-refractivity contribution in [1.82, 2.24) is 10.2 Å². The lowest BCUT2D eigenvalue weighted by atomic mass is 10.1. The largest absolute Gasteiger partial charge is 0.352 e. The minimum atomic E-state index is -4.08. The second-order valence-corrected chi connectivity index (χ2v) is 12.2. The molecule has 0 aliphatic carbocycles. The summed E-state index contributed by atoms with van der Waals surface area (Å²) in [6.45, 7) is 7.18. The highest BCUT2D eigenvalue weighted by Crippen LogP contribution is 2.28. The lowest BCUT2D eigenvalue weighted by Crippen LogP contribution is -2.52. The molecule has 0 heterocycles. The summed E-state index contributed by atoms with van der Waals surface area (Å²) in [4.78, 5) is 28.7. The quantitative estimate of drug-likeness (QED) is 0.291. The van der Waals surface area contributed by atoms with Gasteiger partial charge in [0, 0.05) is 17.1 Å². The second kappa shape index (κ2) is 13.8. The van der Waals surface area contributed by atoms with E-state index in [1.165, 1.54) is 17.0 Å². The van der Waals surface area contributed by atoms with E-state index in [4.69, 9.17) is 0 Å². The van der Waals surface area contributed by atoms with Crippen molar-refractivity contribution in [2.75, 3.05) is 10.8 Å². The van der Waals surface area contributed by atoms with Gasteiger partial charge in [0.2, 0.25) is 11.8 Å². The molecule has 0 bridgehead atoms. The lowest BCUT2D eigenvalue weighted by Gasteiger charge is -2.33. The van der Waals surface area contributed by atoms with Gasteiger partial charge in [0.25, 0.3) is 10.0 Å². The van der Waals surface area contributed by atoms with E-state index < -0.39 is 28.5 Å². The second-order valence-electron chi connectivity index (χ2n) is 9.45. The van der Waals surface area contributed by atoms with Crippen LogP contribution in [0.4, 0.5) is 5.69 Å². The monoisotopic (exact) mass is 613 g/mol. The van der Waals surface area contributed by atoms with Crippen LogP contribution >= 0.6 is 15.9 Å². The zero-order valence-electron chi connectivity index (χ0n) is 22.8. The van der Waals surface area contributed by atoms with Gasteiger partial charge in [0.15, 0.2) is 0 Å². The van der Waals surface area contributed by atoms with E-state index in [1.807, 2.05) is 57.2 Å². The summed E-state index contributed by atoms with van der Waals surface area (Å²) in [6, 6.07) is 21.8.